The maximum Gasteiger partial charge on any atom is 0.250 e. The highest BCUT2D eigenvalue weighted by Gasteiger charge is 2.19. The molecule has 0 spiro atoms. The summed E-state index contributed by atoms with van der Waals surface area (Å²) in [6, 6.07) is 14.1. The third-order valence-electron chi connectivity index (χ3n) is 3.44. The van der Waals surface area contributed by atoms with Gasteiger partial charge in [0.05, 0.1) is 6.04 Å². The molecule has 0 bridgehead atoms. The second kappa shape index (κ2) is 6.50. The average Bonchev–Trinajstić information content (AvgIpc) is 2.47. The van der Waals surface area contributed by atoms with Gasteiger partial charge in [-0.1, -0.05) is 42.5 Å². The third kappa shape index (κ3) is 2.98. The summed E-state index contributed by atoms with van der Waals surface area (Å²) in [5.74, 6) is -0.185. The molecule has 0 aromatic heterocycles. The largest absolute Gasteiger partial charge is 0.370 e. The maximum atomic E-state index is 12.0. The summed E-state index contributed by atoms with van der Waals surface area (Å²) < 4.78 is 5.05. The van der Waals surface area contributed by atoms with Gasteiger partial charge in [-0.15, -0.1) is 0 Å². The van der Waals surface area contributed by atoms with Crippen molar-refractivity contribution in [2.45, 2.75) is 19.1 Å². The number of fused-ring (bicyclic) bond motifs is 1. The minimum absolute atomic E-state index is 0.0993. The number of methoxy groups -OCH3 is 1. The zero-order valence-electron chi connectivity index (χ0n) is 11.8. The van der Waals surface area contributed by atoms with E-state index in [1.54, 1.807) is 0 Å². The van der Waals surface area contributed by atoms with Crippen LogP contribution in [0.1, 0.15) is 18.5 Å². The van der Waals surface area contributed by atoms with Crippen molar-refractivity contribution in [3.8, 4) is 0 Å². The van der Waals surface area contributed by atoms with Crippen LogP contribution in [0.15, 0.2) is 42.5 Å². The molecule has 2 unspecified atom stereocenters. The molecule has 0 saturated heterocycles. The lowest BCUT2D eigenvalue weighted by atomic mass is 9.99. The second-order valence-corrected chi connectivity index (χ2v) is 4.76. The van der Waals surface area contributed by atoms with Gasteiger partial charge in [0, 0.05) is 13.7 Å². The standard InChI is InChI=1S/C16H20N2O2/c1-11(18-16(19)15(10-17)20-2)13-9-5-7-12-6-3-4-8-14(12)13/h3-9,11,15H,10,17H2,1-2H3,(H,18,19). The lowest BCUT2D eigenvalue weighted by Gasteiger charge is -2.19. The molecule has 0 aliphatic heterocycles. The first-order valence-corrected chi connectivity index (χ1v) is 6.68. The van der Waals surface area contributed by atoms with Crippen molar-refractivity contribution in [3.05, 3.63) is 48.0 Å². The van der Waals surface area contributed by atoms with E-state index in [0.717, 1.165) is 16.3 Å². The third-order valence-corrected chi connectivity index (χ3v) is 3.44. The van der Waals surface area contributed by atoms with Gasteiger partial charge in [0.25, 0.3) is 5.91 Å². The fourth-order valence-corrected chi connectivity index (χ4v) is 2.32. The van der Waals surface area contributed by atoms with Crippen molar-refractivity contribution >= 4 is 16.7 Å². The van der Waals surface area contributed by atoms with Gasteiger partial charge in [0.1, 0.15) is 6.10 Å². The number of nitrogens with two attached hydrogens (primary N) is 1. The van der Waals surface area contributed by atoms with E-state index in [4.69, 9.17) is 10.5 Å². The normalized spacial score (nSPS) is 13.9. The topological polar surface area (TPSA) is 64.3 Å². The van der Waals surface area contributed by atoms with Crippen LogP contribution in [0.5, 0.6) is 0 Å². The molecule has 0 radical (unpaired) electrons. The highest BCUT2D eigenvalue weighted by atomic mass is 16.5. The van der Waals surface area contributed by atoms with E-state index < -0.39 is 6.10 Å². The molecule has 2 aromatic carbocycles. The van der Waals surface area contributed by atoms with Gasteiger partial charge in [-0.3, -0.25) is 4.79 Å². The summed E-state index contributed by atoms with van der Waals surface area (Å²) in [4.78, 5) is 12.0. The van der Waals surface area contributed by atoms with Crippen LogP contribution in [-0.4, -0.2) is 25.7 Å². The Morgan fingerprint density at radius 3 is 2.65 bits per heavy atom. The number of ether oxygens (including phenoxy) is 1. The van der Waals surface area contributed by atoms with Gasteiger partial charge in [0.15, 0.2) is 0 Å². The molecule has 0 saturated carbocycles. The van der Waals surface area contributed by atoms with Crippen LogP contribution in [0.25, 0.3) is 10.8 Å². The van der Waals surface area contributed by atoms with Gasteiger partial charge >= 0.3 is 0 Å². The van der Waals surface area contributed by atoms with Gasteiger partial charge in [-0.2, -0.15) is 0 Å². The minimum atomic E-state index is -0.604. The Balaban J connectivity index is 2.23. The van der Waals surface area contributed by atoms with Crippen LogP contribution in [0, 0.1) is 0 Å². The molecule has 1 amide bonds. The Kier molecular flexibility index (Phi) is 4.71. The Morgan fingerprint density at radius 1 is 1.25 bits per heavy atom. The van der Waals surface area contributed by atoms with Gasteiger partial charge < -0.3 is 15.8 Å². The SMILES string of the molecule is COC(CN)C(=O)NC(C)c1cccc2ccccc12. The van der Waals surface area contributed by atoms with Crippen LogP contribution < -0.4 is 11.1 Å². The summed E-state index contributed by atoms with van der Waals surface area (Å²) in [5.41, 5.74) is 6.59. The number of carbonyl (C=O) groups excluding carboxylic acids is 1. The predicted molar refractivity (Wildman–Crippen MR) is 80.4 cm³/mol. The Hall–Kier alpha value is -1.91. The maximum absolute atomic E-state index is 12.0. The van der Waals surface area contributed by atoms with Crippen molar-refractivity contribution in [1.29, 1.82) is 0 Å². The highest BCUT2D eigenvalue weighted by Crippen LogP contribution is 2.24. The summed E-state index contributed by atoms with van der Waals surface area (Å²) in [7, 11) is 1.49. The Morgan fingerprint density at radius 2 is 1.95 bits per heavy atom. The zero-order chi connectivity index (χ0) is 14.5. The smallest absolute Gasteiger partial charge is 0.250 e. The van der Waals surface area contributed by atoms with Crippen molar-refractivity contribution in [2.24, 2.45) is 5.73 Å². The summed E-state index contributed by atoms with van der Waals surface area (Å²) in [6.07, 6.45) is -0.604. The van der Waals surface area contributed by atoms with E-state index in [-0.39, 0.29) is 18.5 Å². The number of rotatable bonds is 5. The molecule has 2 aromatic rings. The molecule has 20 heavy (non-hydrogen) atoms. The monoisotopic (exact) mass is 272 g/mol. The molecular formula is C16H20N2O2. The molecule has 3 N–H and O–H groups in total. The van der Waals surface area contributed by atoms with Crippen LogP contribution in [-0.2, 0) is 9.53 Å². The van der Waals surface area contributed by atoms with Crippen molar-refractivity contribution < 1.29 is 9.53 Å². The zero-order valence-corrected chi connectivity index (χ0v) is 11.8. The molecule has 2 atom stereocenters. The average molecular weight is 272 g/mol. The fraction of sp³-hybridized carbons (Fsp3) is 0.312. The number of hydrogen-bond donors (Lipinski definition) is 2. The molecule has 0 fully saturated rings. The lowest BCUT2D eigenvalue weighted by Crippen LogP contribution is -2.41. The van der Waals surface area contributed by atoms with E-state index in [0.29, 0.717) is 0 Å². The number of carbonyl (C=O) groups is 1. The van der Waals surface area contributed by atoms with Crippen LogP contribution in [0.4, 0.5) is 0 Å². The van der Waals surface area contributed by atoms with E-state index in [9.17, 15) is 4.79 Å². The van der Waals surface area contributed by atoms with Crippen LogP contribution in [0.2, 0.25) is 0 Å². The van der Waals surface area contributed by atoms with E-state index in [1.165, 1.54) is 7.11 Å². The number of amides is 1. The van der Waals surface area contributed by atoms with Crippen molar-refractivity contribution in [2.75, 3.05) is 13.7 Å². The first-order chi connectivity index (χ1) is 9.67. The Labute approximate surface area is 118 Å². The van der Waals surface area contributed by atoms with E-state index in [2.05, 4.69) is 23.5 Å². The van der Waals surface area contributed by atoms with E-state index in [1.807, 2.05) is 31.2 Å². The number of hydrogen-bond acceptors (Lipinski definition) is 3. The predicted octanol–water partition coefficient (Wildman–Crippen LogP) is 1.99. The Bertz CT molecular complexity index is 589. The molecular weight excluding hydrogens is 252 g/mol. The van der Waals surface area contributed by atoms with Gasteiger partial charge in [-0.25, -0.2) is 0 Å². The van der Waals surface area contributed by atoms with Crippen LogP contribution in [0.3, 0.4) is 0 Å². The molecule has 0 heterocycles. The van der Waals surface area contributed by atoms with Crippen molar-refractivity contribution in [3.63, 3.8) is 0 Å². The lowest BCUT2D eigenvalue weighted by molar-refractivity contribution is -0.131. The van der Waals surface area contributed by atoms with Gasteiger partial charge in [0.2, 0.25) is 0 Å². The first-order valence-electron chi connectivity index (χ1n) is 6.68. The van der Waals surface area contributed by atoms with Crippen molar-refractivity contribution in [1.82, 2.24) is 5.32 Å². The highest BCUT2D eigenvalue weighted by molar-refractivity contribution is 5.87. The summed E-state index contributed by atoms with van der Waals surface area (Å²) >= 11 is 0. The fourth-order valence-electron chi connectivity index (χ4n) is 2.32. The van der Waals surface area contributed by atoms with E-state index >= 15 is 0 Å². The quantitative estimate of drug-likeness (QED) is 0.875. The summed E-state index contributed by atoms with van der Waals surface area (Å²) in [6.45, 7) is 2.13. The number of nitrogens with one attached hydrogen (secondary N) is 1. The minimum Gasteiger partial charge on any atom is -0.370 e. The summed E-state index contributed by atoms with van der Waals surface area (Å²) in [5, 5.41) is 5.25. The molecule has 2 rings (SSSR count). The molecule has 0 aliphatic carbocycles. The molecule has 106 valence electrons. The molecule has 4 nitrogen and oxygen atoms in total. The second-order valence-electron chi connectivity index (χ2n) is 4.76. The molecule has 0 aliphatic rings. The molecule has 4 heteroatoms. The number of benzene rings is 2. The van der Waals surface area contributed by atoms with Crippen LogP contribution >= 0.6 is 0 Å². The van der Waals surface area contributed by atoms with Gasteiger partial charge in [-0.05, 0) is 23.3 Å². The first kappa shape index (κ1) is 14.5.